The molecule has 18 heavy (non-hydrogen) atoms. The Morgan fingerprint density at radius 3 is 2.17 bits per heavy atom. The molecule has 0 amide bonds. The molecule has 1 atom stereocenters. The van der Waals surface area contributed by atoms with E-state index in [1.807, 2.05) is 0 Å². The second kappa shape index (κ2) is 7.46. The highest BCUT2D eigenvalue weighted by atomic mass is 15.2. The first-order valence-electron chi connectivity index (χ1n) is 7.98. The summed E-state index contributed by atoms with van der Waals surface area (Å²) in [6.45, 7) is 9.95. The van der Waals surface area contributed by atoms with Gasteiger partial charge in [-0.1, -0.05) is 13.3 Å². The van der Waals surface area contributed by atoms with Gasteiger partial charge in [-0.05, 0) is 64.2 Å². The summed E-state index contributed by atoms with van der Waals surface area (Å²) in [4.78, 5) is 5.29. The maximum Gasteiger partial charge on any atom is 0.0109 e. The van der Waals surface area contributed by atoms with E-state index in [1.54, 1.807) is 0 Å². The number of hydrogen-bond donors (Lipinski definition) is 1. The molecule has 0 spiro atoms. The fourth-order valence-corrected chi connectivity index (χ4v) is 3.32. The monoisotopic (exact) mass is 253 g/mol. The molecule has 2 saturated heterocycles. The molecule has 0 aromatic rings. The van der Waals surface area contributed by atoms with Crippen molar-refractivity contribution in [1.29, 1.82) is 0 Å². The molecule has 0 radical (unpaired) electrons. The van der Waals surface area contributed by atoms with E-state index in [9.17, 15) is 0 Å². The summed E-state index contributed by atoms with van der Waals surface area (Å²) in [6, 6.07) is 0.463. The van der Waals surface area contributed by atoms with Crippen LogP contribution in [0.3, 0.4) is 0 Å². The molecule has 0 bridgehead atoms. The maximum absolute atomic E-state index is 5.95. The number of nitrogens with two attached hydrogens (primary N) is 1. The smallest absolute Gasteiger partial charge is 0.0109 e. The highest BCUT2D eigenvalue weighted by Crippen LogP contribution is 2.20. The van der Waals surface area contributed by atoms with Gasteiger partial charge in [-0.15, -0.1) is 0 Å². The Bertz CT molecular complexity index is 224. The first kappa shape index (κ1) is 14.3. The summed E-state index contributed by atoms with van der Waals surface area (Å²) < 4.78 is 0. The third-order valence-electron chi connectivity index (χ3n) is 4.88. The molecule has 2 aliphatic heterocycles. The third-order valence-corrected chi connectivity index (χ3v) is 4.88. The lowest BCUT2D eigenvalue weighted by Gasteiger charge is -2.32. The summed E-state index contributed by atoms with van der Waals surface area (Å²) in [5, 5.41) is 0. The molecule has 2 heterocycles. The van der Waals surface area contributed by atoms with E-state index >= 15 is 0 Å². The predicted octanol–water partition coefficient (Wildman–Crippen LogP) is 1.92. The quantitative estimate of drug-likeness (QED) is 0.831. The van der Waals surface area contributed by atoms with Gasteiger partial charge in [0.15, 0.2) is 0 Å². The number of hydrogen-bond acceptors (Lipinski definition) is 3. The third kappa shape index (κ3) is 4.52. The Labute approximate surface area is 113 Å². The molecular formula is C15H31N3. The maximum atomic E-state index is 5.95. The van der Waals surface area contributed by atoms with E-state index in [-0.39, 0.29) is 0 Å². The minimum atomic E-state index is 0.463. The molecular weight excluding hydrogens is 222 g/mol. The van der Waals surface area contributed by atoms with Gasteiger partial charge in [0.25, 0.3) is 0 Å². The van der Waals surface area contributed by atoms with Crippen LogP contribution in [0.2, 0.25) is 0 Å². The van der Waals surface area contributed by atoms with E-state index < -0.39 is 0 Å². The van der Waals surface area contributed by atoms with E-state index in [4.69, 9.17) is 5.73 Å². The molecule has 2 N–H and O–H groups in total. The van der Waals surface area contributed by atoms with Gasteiger partial charge in [0, 0.05) is 19.1 Å². The molecule has 1 unspecified atom stereocenters. The number of nitrogens with zero attached hydrogens (tertiary/aromatic N) is 2. The molecule has 2 fully saturated rings. The van der Waals surface area contributed by atoms with Gasteiger partial charge < -0.3 is 15.5 Å². The average Bonchev–Trinajstić information content (AvgIpc) is 2.63. The summed E-state index contributed by atoms with van der Waals surface area (Å²) in [5.41, 5.74) is 5.95. The zero-order valence-electron chi connectivity index (χ0n) is 12.1. The molecule has 106 valence electrons. The number of likely N-dealkylation sites (tertiary alicyclic amines) is 2. The summed E-state index contributed by atoms with van der Waals surface area (Å²) in [7, 11) is 0. The average molecular weight is 253 g/mol. The predicted molar refractivity (Wildman–Crippen MR) is 77.7 cm³/mol. The van der Waals surface area contributed by atoms with Crippen molar-refractivity contribution in [3.05, 3.63) is 0 Å². The summed E-state index contributed by atoms with van der Waals surface area (Å²) in [6.07, 6.45) is 8.03. The van der Waals surface area contributed by atoms with Gasteiger partial charge in [0.05, 0.1) is 0 Å². The topological polar surface area (TPSA) is 32.5 Å². The second-order valence-corrected chi connectivity index (χ2v) is 6.23. The number of piperidine rings is 1. The lowest BCUT2D eigenvalue weighted by Crippen LogP contribution is -2.43. The van der Waals surface area contributed by atoms with Crippen molar-refractivity contribution in [2.75, 3.05) is 39.3 Å². The Balaban J connectivity index is 1.64. The highest BCUT2D eigenvalue weighted by molar-refractivity contribution is 4.76. The van der Waals surface area contributed by atoms with Gasteiger partial charge in [0.1, 0.15) is 0 Å². The van der Waals surface area contributed by atoms with Gasteiger partial charge in [-0.25, -0.2) is 0 Å². The summed E-state index contributed by atoms with van der Waals surface area (Å²) >= 11 is 0. The van der Waals surface area contributed by atoms with Crippen LogP contribution in [0.25, 0.3) is 0 Å². The summed E-state index contributed by atoms with van der Waals surface area (Å²) in [5.74, 6) is 0.989. The normalized spacial score (nSPS) is 29.3. The van der Waals surface area contributed by atoms with Gasteiger partial charge >= 0.3 is 0 Å². The van der Waals surface area contributed by atoms with Crippen molar-refractivity contribution in [3.63, 3.8) is 0 Å². The lowest BCUT2D eigenvalue weighted by atomic mass is 9.98. The van der Waals surface area contributed by atoms with Crippen LogP contribution in [-0.2, 0) is 0 Å². The highest BCUT2D eigenvalue weighted by Gasteiger charge is 2.18. The first-order chi connectivity index (χ1) is 8.78. The van der Waals surface area contributed by atoms with E-state index in [1.165, 1.54) is 77.8 Å². The van der Waals surface area contributed by atoms with Crippen molar-refractivity contribution in [3.8, 4) is 0 Å². The molecule has 2 rings (SSSR count). The minimum Gasteiger partial charge on any atom is -0.328 e. The lowest BCUT2D eigenvalue weighted by molar-refractivity contribution is 0.175. The fraction of sp³-hybridized carbons (Fsp3) is 1.00. The molecule has 3 heteroatoms. The molecule has 0 saturated carbocycles. The van der Waals surface area contributed by atoms with Crippen LogP contribution in [-0.4, -0.2) is 55.1 Å². The molecule has 3 nitrogen and oxygen atoms in total. The minimum absolute atomic E-state index is 0.463. The van der Waals surface area contributed by atoms with Gasteiger partial charge in [-0.3, -0.25) is 0 Å². The van der Waals surface area contributed by atoms with Crippen molar-refractivity contribution < 1.29 is 0 Å². The van der Waals surface area contributed by atoms with Crippen LogP contribution in [0.15, 0.2) is 0 Å². The fourth-order valence-electron chi connectivity index (χ4n) is 3.32. The standard InChI is InChI=1S/C15H31N3/c1-2-14-4-3-8-17(9-5-14)12-13-18-10-6-15(16)7-11-18/h14-15H,2-13,16H2,1H3. The van der Waals surface area contributed by atoms with Gasteiger partial charge in [0.2, 0.25) is 0 Å². The SMILES string of the molecule is CCC1CCCN(CCN2CCC(N)CC2)CC1. The second-order valence-electron chi connectivity index (χ2n) is 6.23. The van der Waals surface area contributed by atoms with Crippen molar-refractivity contribution in [2.45, 2.75) is 51.5 Å². The Morgan fingerprint density at radius 2 is 1.50 bits per heavy atom. The first-order valence-corrected chi connectivity index (χ1v) is 7.98. The Kier molecular flexibility index (Phi) is 5.93. The van der Waals surface area contributed by atoms with E-state index in [0.29, 0.717) is 6.04 Å². The van der Waals surface area contributed by atoms with Crippen LogP contribution in [0.1, 0.15) is 45.4 Å². The Hall–Kier alpha value is -0.120. The van der Waals surface area contributed by atoms with Crippen LogP contribution < -0.4 is 5.73 Å². The number of rotatable bonds is 4. The largest absolute Gasteiger partial charge is 0.328 e. The molecule has 0 aromatic heterocycles. The zero-order chi connectivity index (χ0) is 12.8. The van der Waals surface area contributed by atoms with Crippen LogP contribution >= 0.6 is 0 Å². The molecule has 0 aliphatic carbocycles. The van der Waals surface area contributed by atoms with E-state index in [0.717, 1.165) is 5.92 Å². The van der Waals surface area contributed by atoms with Crippen LogP contribution in [0.4, 0.5) is 0 Å². The molecule has 2 aliphatic rings. The van der Waals surface area contributed by atoms with Crippen molar-refractivity contribution in [2.24, 2.45) is 11.7 Å². The van der Waals surface area contributed by atoms with Crippen molar-refractivity contribution >= 4 is 0 Å². The van der Waals surface area contributed by atoms with Crippen LogP contribution in [0.5, 0.6) is 0 Å². The molecule has 0 aromatic carbocycles. The van der Waals surface area contributed by atoms with Crippen molar-refractivity contribution in [1.82, 2.24) is 9.80 Å². The van der Waals surface area contributed by atoms with E-state index in [2.05, 4.69) is 16.7 Å². The van der Waals surface area contributed by atoms with Crippen LogP contribution in [0, 0.1) is 5.92 Å². The Morgan fingerprint density at radius 1 is 0.889 bits per heavy atom. The van der Waals surface area contributed by atoms with Gasteiger partial charge in [-0.2, -0.15) is 0 Å². The zero-order valence-corrected chi connectivity index (χ0v) is 12.1.